The van der Waals surface area contributed by atoms with Crippen molar-refractivity contribution in [3.05, 3.63) is 29.8 Å². The lowest BCUT2D eigenvalue weighted by Gasteiger charge is -2.28. The standard InChI is InChI=1S/C16H19NO5/c1-22-16(21)14(11-3-2-4-13(19)9-11)17-15(20)10-5-7-12(18)8-6-10/h5-8,11,14,18H,2-4,9H2,1H3,(H,17,20)/t11-,14-/m0/s1. The number of carbonyl (C=O) groups is 3. The fourth-order valence-electron chi connectivity index (χ4n) is 2.68. The van der Waals surface area contributed by atoms with E-state index in [-0.39, 0.29) is 23.9 Å². The van der Waals surface area contributed by atoms with Crippen LogP contribution in [0.1, 0.15) is 36.0 Å². The highest BCUT2D eigenvalue weighted by Crippen LogP contribution is 2.25. The number of phenols is 1. The van der Waals surface area contributed by atoms with Crippen LogP contribution in [0.4, 0.5) is 0 Å². The van der Waals surface area contributed by atoms with Crippen molar-refractivity contribution in [1.29, 1.82) is 0 Å². The van der Waals surface area contributed by atoms with E-state index < -0.39 is 17.9 Å². The first-order valence-electron chi connectivity index (χ1n) is 7.20. The van der Waals surface area contributed by atoms with E-state index >= 15 is 0 Å². The first-order chi connectivity index (χ1) is 10.5. The summed E-state index contributed by atoms with van der Waals surface area (Å²) in [5.41, 5.74) is 0.328. The van der Waals surface area contributed by atoms with Crippen molar-refractivity contribution in [3.8, 4) is 5.75 Å². The Balaban J connectivity index is 2.12. The number of amides is 1. The van der Waals surface area contributed by atoms with Crippen molar-refractivity contribution in [1.82, 2.24) is 5.32 Å². The number of rotatable bonds is 4. The highest BCUT2D eigenvalue weighted by atomic mass is 16.5. The monoisotopic (exact) mass is 305 g/mol. The lowest BCUT2D eigenvalue weighted by atomic mass is 9.83. The quantitative estimate of drug-likeness (QED) is 0.821. The van der Waals surface area contributed by atoms with Gasteiger partial charge in [0, 0.05) is 18.4 Å². The molecule has 0 aromatic heterocycles. The van der Waals surface area contributed by atoms with Crippen LogP contribution >= 0.6 is 0 Å². The molecule has 6 nitrogen and oxygen atoms in total. The molecule has 0 radical (unpaired) electrons. The number of aromatic hydroxyl groups is 1. The predicted octanol–water partition coefficient (Wildman–Crippen LogP) is 1.42. The second-order valence-corrected chi connectivity index (χ2v) is 5.42. The number of hydrogen-bond donors (Lipinski definition) is 2. The molecule has 1 amide bonds. The molecule has 0 saturated heterocycles. The van der Waals surface area contributed by atoms with Crippen molar-refractivity contribution < 1.29 is 24.2 Å². The number of hydrogen-bond acceptors (Lipinski definition) is 5. The Morgan fingerprint density at radius 2 is 2.00 bits per heavy atom. The van der Waals surface area contributed by atoms with Gasteiger partial charge < -0.3 is 15.2 Å². The molecule has 2 rings (SSSR count). The first kappa shape index (κ1) is 16.0. The number of nitrogens with one attached hydrogen (secondary N) is 1. The lowest BCUT2D eigenvalue weighted by molar-refractivity contribution is -0.145. The van der Waals surface area contributed by atoms with Gasteiger partial charge in [-0.1, -0.05) is 0 Å². The maximum atomic E-state index is 12.2. The van der Waals surface area contributed by atoms with Crippen LogP contribution < -0.4 is 5.32 Å². The lowest BCUT2D eigenvalue weighted by Crippen LogP contribution is -2.48. The summed E-state index contributed by atoms with van der Waals surface area (Å²) in [5, 5.41) is 11.9. The third-order valence-electron chi connectivity index (χ3n) is 3.86. The van der Waals surface area contributed by atoms with E-state index in [1.54, 1.807) is 0 Å². The van der Waals surface area contributed by atoms with Crippen molar-refractivity contribution >= 4 is 17.7 Å². The fraction of sp³-hybridized carbons (Fsp3) is 0.438. The third kappa shape index (κ3) is 3.84. The van der Waals surface area contributed by atoms with Crippen molar-refractivity contribution in [2.45, 2.75) is 31.7 Å². The smallest absolute Gasteiger partial charge is 0.328 e. The molecule has 118 valence electrons. The number of methoxy groups -OCH3 is 1. The van der Waals surface area contributed by atoms with E-state index in [9.17, 15) is 19.5 Å². The highest BCUT2D eigenvalue weighted by molar-refractivity contribution is 5.97. The summed E-state index contributed by atoms with van der Waals surface area (Å²) in [5.74, 6) is -1.07. The zero-order valence-corrected chi connectivity index (χ0v) is 12.4. The van der Waals surface area contributed by atoms with Gasteiger partial charge in [-0.3, -0.25) is 9.59 Å². The van der Waals surface area contributed by atoms with Crippen molar-refractivity contribution in [2.75, 3.05) is 7.11 Å². The van der Waals surface area contributed by atoms with Gasteiger partial charge >= 0.3 is 5.97 Å². The van der Waals surface area contributed by atoms with Crippen LogP contribution in [0, 0.1) is 5.92 Å². The SMILES string of the molecule is COC(=O)[C@@H](NC(=O)c1ccc(O)cc1)[C@H]1CCCC(=O)C1. The number of Topliss-reactive ketones (excluding diaryl/α,β-unsaturated/α-hetero) is 1. The van der Waals surface area contributed by atoms with Crippen molar-refractivity contribution in [2.24, 2.45) is 5.92 Å². The molecular formula is C16H19NO5. The summed E-state index contributed by atoms with van der Waals surface area (Å²) in [6.45, 7) is 0. The third-order valence-corrected chi connectivity index (χ3v) is 3.86. The summed E-state index contributed by atoms with van der Waals surface area (Å²) < 4.78 is 4.75. The minimum Gasteiger partial charge on any atom is -0.508 e. The second-order valence-electron chi connectivity index (χ2n) is 5.42. The molecule has 6 heteroatoms. The van der Waals surface area contributed by atoms with Gasteiger partial charge in [-0.05, 0) is 43.0 Å². The Labute approximate surface area is 128 Å². The molecule has 0 heterocycles. The molecule has 22 heavy (non-hydrogen) atoms. The summed E-state index contributed by atoms with van der Waals surface area (Å²) in [6, 6.07) is 4.88. The molecule has 1 aliphatic rings. The average molecular weight is 305 g/mol. The van der Waals surface area contributed by atoms with E-state index in [4.69, 9.17) is 4.74 Å². The van der Waals surface area contributed by atoms with Gasteiger partial charge in [-0.2, -0.15) is 0 Å². The zero-order valence-electron chi connectivity index (χ0n) is 12.4. The van der Waals surface area contributed by atoms with Gasteiger partial charge in [0.15, 0.2) is 0 Å². The van der Waals surface area contributed by atoms with Gasteiger partial charge in [-0.25, -0.2) is 4.79 Å². The highest BCUT2D eigenvalue weighted by Gasteiger charge is 2.34. The first-order valence-corrected chi connectivity index (χ1v) is 7.20. The molecule has 1 aliphatic carbocycles. The normalized spacial score (nSPS) is 19.3. The molecule has 1 saturated carbocycles. The van der Waals surface area contributed by atoms with Crippen LogP contribution in [-0.2, 0) is 14.3 Å². The predicted molar refractivity (Wildman–Crippen MR) is 78.3 cm³/mol. The summed E-state index contributed by atoms with van der Waals surface area (Å²) >= 11 is 0. The van der Waals surface area contributed by atoms with E-state index in [0.717, 1.165) is 0 Å². The largest absolute Gasteiger partial charge is 0.508 e. The van der Waals surface area contributed by atoms with Crippen LogP contribution in [0.15, 0.2) is 24.3 Å². The molecule has 1 fully saturated rings. The molecular weight excluding hydrogens is 286 g/mol. The van der Waals surface area contributed by atoms with Gasteiger partial charge in [-0.15, -0.1) is 0 Å². The molecule has 2 N–H and O–H groups in total. The maximum Gasteiger partial charge on any atom is 0.328 e. The van der Waals surface area contributed by atoms with Crippen LogP contribution in [0.25, 0.3) is 0 Å². The molecule has 0 unspecified atom stereocenters. The minimum absolute atomic E-state index is 0.0546. The Bertz CT molecular complexity index is 566. The number of benzene rings is 1. The Hall–Kier alpha value is -2.37. The molecule has 1 aromatic rings. The average Bonchev–Trinajstić information content (AvgIpc) is 2.52. The Morgan fingerprint density at radius 3 is 2.59 bits per heavy atom. The van der Waals surface area contributed by atoms with Crippen LogP contribution in [-0.4, -0.2) is 35.9 Å². The fourth-order valence-corrected chi connectivity index (χ4v) is 2.68. The summed E-state index contributed by atoms with van der Waals surface area (Å²) in [4.78, 5) is 35.8. The van der Waals surface area contributed by atoms with E-state index in [0.29, 0.717) is 24.8 Å². The number of ether oxygens (including phenoxy) is 1. The maximum absolute atomic E-state index is 12.2. The molecule has 1 aromatic carbocycles. The summed E-state index contributed by atoms with van der Waals surface area (Å²) in [6.07, 6.45) is 2.21. The number of ketones is 1. The van der Waals surface area contributed by atoms with Crippen molar-refractivity contribution in [3.63, 3.8) is 0 Å². The van der Waals surface area contributed by atoms with E-state index in [2.05, 4.69) is 5.32 Å². The van der Waals surface area contributed by atoms with Gasteiger partial charge in [0.1, 0.15) is 17.6 Å². The van der Waals surface area contributed by atoms with Gasteiger partial charge in [0.2, 0.25) is 0 Å². The van der Waals surface area contributed by atoms with Crippen LogP contribution in [0.3, 0.4) is 0 Å². The van der Waals surface area contributed by atoms with Crippen LogP contribution in [0.5, 0.6) is 5.75 Å². The molecule has 2 atom stereocenters. The number of phenolic OH excluding ortho intramolecular Hbond substituents is 1. The second kappa shape index (κ2) is 7.06. The zero-order chi connectivity index (χ0) is 16.1. The minimum atomic E-state index is -0.837. The Morgan fingerprint density at radius 1 is 1.32 bits per heavy atom. The molecule has 0 bridgehead atoms. The number of carbonyl (C=O) groups excluding carboxylic acids is 3. The van der Waals surface area contributed by atoms with Gasteiger partial charge in [0.25, 0.3) is 5.91 Å². The Kier molecular flexibility index (Phi) is 5.14. The topological polar surface area (TPSA) is 92.7 Å². The molecule has 0 spiro atoms. The van der Waals surface area contributed by atoms with Gasteiger partial charge in [0.05, 0.1) is 7.11 Å². The molecule has 0 aliphatic heterocycles. The summed E-state index contributed by atoms with van der Waals surface area (Å²) in [7, 11) is 1.26. The van der Waals surface area contributed by atoms with Crippen LogP contribution in [0.2, 0.25) is 0 Å². The van der Waals surface area contributed by atoms with E-state index in [1.807, 2.05) is 0 Å². The van der Waals surface area contributed by atoms with E-state index in [1.165, 1.54) is 31.4 Å². The number of esters is 1.